The normalized spacial score (nSPS) is 28.5. The molecular formula is C27H31F3N4O2. The predicted octanol–water partition coefficient (Wildman–Crippen LogP) is 4.50. The van der Waals surface area contributed by atoms with Crippen molar-refractivity contribution in [1.82, 2.24) is 14.8 Å². The Bertz CT molecular complexity index is 1260. The van der Waals surface area contributed by atoms with E-state index in [9.17, 15) is 22.8 Å². The number of anilines is 1. The fourth-order valence-electron chi connectivity index (χ4n) is 6.53. The zero-order chi connectivity index (χ0) is 25.4. The quantitative estimate of drug-likeness (QED) is 0.588. The van der Waals surface area contributed by atoms with Gasteiger partial charge < -0.3 is 20.1 Å². The lowest BCUT2D eigenvalue weighted by molar-refractivity contribution is 0.0939. The fourth-order valence-corrected chi connectivity index (χ4v) is 6.53. The Kier molecular flexibility index (Phi) is 5.48. The highest BCUT2D eigenvalue weighted by Gasteiger charge is 2.59. The molecule has 0 unspecified atom stereocenters. The molecule has 2 aromatic rings. The number of pyridine rings is 1. The number of rotatable bonds is 7. The highest BCUT2D eigenvalue weighted by molar-refractivity contribution is 5.99. The number of halogens is 3. The molecule has 1 aromatic carbocycles. The summed E-state index contributed by atoms with van der Waals surface area (Å²) in [5, 5.41) is 6.22. The number of benzene rings is 1. The average Bonchev–Trinajstić information content (AvgIpc) is 3.65. The minimum Gasteiger partial charge on any atom is -0.381 e. The summed E-state index contributed by atoms with van der Waals surface area (Å²) in [6.07, 6.45) is 3.00. The Morgan fingerprint density at radius 2 is 1.86 bits per heavy atom. The molecule has 3 saturated carbocycles. The predicted molar refractivity (Wildman–Crippen MR) is 130 cm³/mol. The minimum absolute atomic E-state index is 0.000596. The van der Waals surface area contributed by atoms with Crippen molar-refractivity contribution in [2.45, 2.75) is 57.2 Å². The number of nitrogens with one attached hydrogen (secondary N) is 2. The number of piperidine rings is 1. The SMILES string of the molecule is C[C@@H](NC(=O)c1cn([C@@H]2CC23CCC3)c(=O)cc1N[C@@H]1[C@@H]2CN(C)C[C@@H]21)c1cccc(C(F)F)c1F. The van der Waals surface area contributed by atoms with Crippen molar-refractivity contribution in [3.05, 3.63) is 63.3 Å². The number of hydrogen-bond acceptors (Lipinski definition) is 4. The maximum Gasteiger partial charge on any atom is 0.266 e. The summed E-state index contributed by atoms with van der Waals surface area (Å²) < 4.78 is 42.8. The van der Waals surface area contributed by atoms with Crippen molar-refractivity contribution in [2.24, 2.45) is 17.3 Å². The maximum absolute atomic E-state index is 14.7. The van der Waals surface area contributed by atoms with E-state index in [1.807, 2.05) is 0 Å². The summed E-state index contributed by atoms with van der Waals surface area (Å²) in [5.74, 6) is -0.504. The third-order valence-electron chi connectivity index (χ3n) is 8.96. The largest absolute Gasteiger partial charge is 0.381 e. The molecule has 0 bridgehead atoms. The van der Waals surface area contributed by atoms with Crippen LogP contribution in [-0.2, 0) is 0 Å². The Hall–Kier alpha value is -2.81. The number of nitrogens with zero attached hydrogens (tertiary/aromatic N) is 2. The van der Waals surface area contributed by atoms with Gasteiger partial charge in [-0.05, 0) is 50.5 Å². The first-order valence-corrected chi connectivity index (χ1v) is 12.8. The molecule has 6 rings (SSSR count). The van der Waals surface area contributed by atoms with Crippen LogP contribution < -0.4 is 16.2 Å². The smallest absolute Gasteiger partial charge is 0.266 e. The van der Waals surface area contributed by atoms with E-state index >= 15 is 0 Å². The van der Waals surface area contributed by atoms with Gasteiger partial charge in [-0.3, -0.25) is 9.59 Å². The van der Waals surface area contributed by atoms with E-state index in [1.165, 1.54) is 18.2 Å². The third kappa shape index (κ3) is 3.83. The molecule has 0 radical (unpaired) electrons. The van der Waals surface area contributed by atoms with Crippen LogP contribution in [0, 0.1) is 23.1 Å². The Balaban J connectivity index is 1.28. The van der Waals surface area contributed by atoms with Crippen molar-refractivity contribution in [2.75, 3.05) is 25.5 Å². The van der Waals surface area contributed by atoms with Gasteiger partial charge in [-0.2, -0.15) is 0 Å². The molecule has 1 saturated heterocycles. The van der Waals surface area contributed by atoms with Crippen LogP contribution in [0.3, 0.4) is 0 Å². The second-order valence-corrected chi connectivity index (χ2v) is 11.2. The monoisotopic (exact) mass is 500 g/mol. The van der Waals surface area contributed by atoms with E-state index < -0.39 is 29.8 Å². The molecule has 1 spiro atoms. The van der Waals surface area contributed by atoms with Gasteiger partial charge in [0.1, 0.15) is 5.82 Å². The number of likely N-dealkylation sites (tertiary alicyclic amines) is 1. The van der Waals surface area contributed by atoms with Crippen molar-refractivity contribution < 1.29 is 18.0 Å². The standard InChI is InChI=1S/C27H31F3N4O2/c1-14(15-5-3-6-16(23(15)28)25(29)30)31-26(36)19-13-34(21-10-27(21)7-4-8-27)22(35)9-20(19)32-24-17-11-33(2)12-18(17)24/h3,5-6,9,13-14,17-18,21,24-25,32H,4,7-8,10-12H2,1-2H3,(H,31,36)/t14-,17-,18+,21-,24-/m1/s1. The Labute approximate surface area is 207 Å². The van der Waals surface area contributed by atoms with Gasteiger partial charge in [0.2, 0.25) is 0 Å². The van der Waals surface area contributed by atoms with E-state index in [2.05, 4.69) is 22.6 Å². The van der Waals surface area contributed by atoms with E-state index in [0.717, 1.165) is 44.8 Å². The van der Waals surface area contributed by atoms with Gasteiger partial charge in [0.15, 0.2) is 0 Å². The van der Waals surface area contributed by atoms with Crippen LogP contribution in [0.25, 0.3) is 0 Å². The summed E-state index contributed by atoms with van der Waals surface area (Å²) in [6.45, 7) is 3.52. The van der Waals surface area contributed by atoms with Crippen molar-refractivity contribution >= 4 is 11.6 Å². The van der Waals surface area contributed by atoms with Gasteiger partial charge in [-0.25, -0.2) is 13.2 Å². The van der Waals surface area contributed by atoms with Crippen molar-refractivity contribution in [1.29, 1.82) is 0 Å². The lowest BCUT2D eigenvalue weighted by atomic mass is 9.81. The molecule has 5 atom stereocenters. The lowest BCUT2D eigenvalue weighted by Gasteiger charge is -2.27. The molecule has 4 fully saturated rings. The number of alkyl halides is 2. The zero-order valence-electron chi connectivity index (χ0n) is 20.4. The second-order valence-electron chi connectivity index (χ2n) is 11.2. The van der Waals surface area contributed by atoms with E-state index in [4.69, 9.17) is 0 Å². The summed E-state index contributed by atoms with van der Waals surface area (Å²) in [4.78, 5) is 28.8. The van der Waals surface area contributed by atoms with Crippen molar-refractivity contribution in [3.8, 4) is 0 Å². The first kappa shape index (κ1) is 23.6. The van der Waals surface area contributed by atoms with E-state index in [0.29, 0.717) is 23.1 Å². The summed E-state index contributed by atoms with van der Waals surface area (Å²) in [7, 11) is 2.08. The molecule has 1 aliphatic heterocycles. The number of hydrogen-bond donors (Lipinski definition) is 2. The topological polar surface area (TPSA) is 66.4 Å². The number of carbonyl (C=O) groups excluding carboxylic acids is 1. The van der Waals surface area contributed by atoms with Crippen LogP contribution >= 0.6 is 0 Å². The second kappa shape index (κ2) is 8.36. The number of amides is 1. The first-order valence-electron chi connectivity index (χ1n) is 12.8. The summed E-state index contributed by atoms with van der Waals surface area (Å²) >= 11 is 0. The number of aromatic nitrogens is 1. The zero-order valence-corrected chi connectivity index (χ0v) is 20.4. The Morgan fingerprint density at radius 1 is 1.17 bits per heavy atom. The fraction of sp³-hybridized carbons (Fsp3) is 0.556. The molecule has 1 aromatic heterocycles. The third-order valence-corrected chi connectivity index (χ3v) is 8.96. The van der Waals surface area contributed by atoms with Crippen LogP contribution in [-0.4, -0.2) is 41.6 Å². The van der Waals surface area contributed by atoms with Crippen LogP contribution in [0.15, 0.2) is 35.3 Å². The first-order chi connectivity index (χ1) is 17.2. The summed E-state index contributed by atoms with van der Waals surface area (Å²) in [5.41, 5.74) is 0.180. The van der Waals surface area contributed by atoms with Crippen LogP contribution in [0.2, 0.25) is 0 Å². The summed E-state index contributed by atoms with van der Waals surface area (Å²) in [6, 6.07) is 4.80. The average molecular weight is 501 g/mol. The van der Waals surface area contributed by atoms with E-state index in [1.54, 1.807) is 17.7 Å². The van der Waals surface area contributed by atoms with Gasteiger partial charge in [-0.15, -0.1) is 0 Å². The lowest BCUT2D eigenvalue weighted by Crippen LogP contribution is -2.32. The van der Waals surface area contributed by atoms with Crippen LogP contribution in [0.1, 0.15) is 72.6 Å². The molecular weight excluding hydrogens is 469 g/mol. The maximum atomic E-state index is 14.7. The number of carbonyl (C=O) groups is 1. The minimum atomic E-state index is -2.94. The molecule has 2 heterocycles. The highest BCUT2D eigenvalue weighted by Crippen LogP contribution is 2.67. The molecule has 192 valence electrons. The van der Waals surface area contributed by atoms with E-state index in [-0.39, 0.29) is 28.6 Å². The van der Waals surface area contributed by atoms with Crippen molar-refractivity contribution in [3.63, 3.8) is 0 Å². The Morgan fingerprint density at radius 3 is 2.47 bits per heavy atom. The highest BCUT2D eigenvalue weighted by atomic mass is 19.3. The van der Waals surface area contributed by atoms with Gasteiger partial charge in [0.25, 0.3) is 17.9 Å². The molecule has 4 aliphatic rings. The molecule has 6 nitrogen and oxygen atoms in total. The van der Waals surface area contributed by atoms with Gasteiger partial charge in [0, 0.05) is 43.0 Å². The van der Waals surface area contributed by atoms with Crippen LogP contribution in [0.5, 0.6) is 0 Å². The molecule has 2 N–H and O–H groups in total. The molecule has 9 heteroatoms. The van der Waals surface area contributed by atoms with Gasteiger partial charge in [0.05, 0.1) is 22.9 Å². The van der Waals surface area contributed by atoms with Crippen LogP contribution in [0.4, 0.5) is 18.9 Å². The molecule has 1 amide bonds. The van der Waals surface area contributed by atoms with Gasteiger partial charge in [-0.1, -0.05) is 24.6 Å². The molecule has 36 heavy (non-hydrogen) atoms. The van der Waals surface area contributed by atoms with Gasteiger partial charge >= 0.3 is 0 Å². The number of fused-ring (bicyclic) bond motifs is 1. The molecule has 3 aliphatic carbocycles.